The van der Waals surface area contributed by atoms with Crippen molar-refractivity contribution in [1.29, 1.82) is 0 Å². The van der Waals surface area contributed by atoms with Crippen LogP contribution in [0.25, 0.3) is 0 Å². The molecule has 1 fully saturated rings. The summed E-state index contributed by atoms with van der Waals surface area (Å²) in [7, 11) is -3.05. The molecule has 0 aromatic heterocycles. The van der Waals surface area contributed by atoms with E-state index in [9.17, 15) is 8.42 Å². The van der Waals surface area contributed by atoms with E-state index in [1.54, 1.807) is 0 Å². The fourth-order valence-electron chi connectivity index (χ4n) is 2.70. The zero-order valence-electron chi connectivity index (χ0n) is 10.8. The Morgan fingerprint density at radius 1 is 1.22 bits per heavy atom. The molecule has 1 aliphatic heterocycles. The van der Waals surface area contributed by atoms with Crippen LogP contribution in [-0.2, 0) is 15.6 Å². The molecule has 1 aromatic carbocycles. The minimum atomic E-state index is -3.05. The second-order valence-corrected chi connectivity index (χ2v) is 7.26. The highest BCUT2D eigenvalue weighted by atomic mass is 32.2. The molecule has 100 valence electrons. The normalized spacial score (nSPS) is 24.3. The fourth-order valence-corrected chi connectivity index (χ4v) is 4.76. The van der Waals surface area contributed by atoms with E-state index in [1.807, 2.05) is 30.3 Å². The van der Waals surface area contributed by atoms with E-state index in [4.69, 9.17) is 0 Å². The molecule has 1 aromatic rings. The Hall–Kier alpha value is -0.870. The molecule has 0 radical (unpaired) electrons. The van der Waals surface area contributed by atoms with Crippen molar-refractivity contribution in [1.82, 2.24) is 5.32 Å². The molecule has 1 saturated heterocycles. The van der Waals surface area contributed by atoms with Gasteiger partial charge in [-0.15, -0.1) is 0 Å². The van der Waals surface area contributed by atoms with Crippen LogP contribution >= 0.6 is 0 Å². The summed E-state index contributed by atoms with van der Waals surface area (Å²) in [5, 5.41) is 3.01. The van der Waals surface area contributed by atoms with Gasteiger partial charge >= 0.3 is 0 Å². The average molecular weight is 267 g/mol. The molecule has 1 aliphatic rings. The molecule has 0 aliphatic carbocycles. The van der Waals surface area contributed by atoms with Gasteiger partial charge in [-0.1, -0.05) is 43.7 Å². The Kier molecular flexibility index (Phi) is 4.40. The SMILES string of the molecule is CCC[C@@H]1CNCC1S(=O)(=O)Cc1ccccc1. The highest BCUT2D eigenvalue weighted by molar-refractivity contribution is 7.91. The molecule has 0 amide bonds. The largest absolute Gasteiger partial charge is 0.315 e. The quantitative estimate of drug-likeness (QED) is 0.887. The summed E-state index contributed by atoms with van der Waals surface area (Å²) in [5.41, 5.74) is 0.889. The topological polar surface area (TPSA) is 46.2 Å². The summed E-state index contributed by atoms with van der Waals surface area (Å²) in [4.78, 5) is 0. The van der Waals surface area contributed by atoms with Gasteiger partial charge in [-0.25, -0.2) is 8.42 Å². The zero-order chi connectivity index (χ0) is 13.0. The van der Waals surface area contributed by atoms with Gasteiger partial charge in [0.05, 0.1) is 11.0 Å². The minimum Gasteiger partial charge on any atom is -0.315 e. The third-order valence-corrected chi connectivity index (χ3v) is 5.82. The van der Waals surface area contributed by atoms with Gasteiger partial charge in [0.15, 0.2) is 9.84 Å². The van der Waals surface area contributed by atoms with Crippen molar-refractivity contribution >= 4 is 9.84 Å². The molecule has 0 bridgehead atoms. The van der Waals surface area contributed by atoms with Crippen LogP contribution in [0.3, 0.4) is 0 Å². The van der Waals surface area contributed by atoms with Crippen molar-refractivity contribution < 1.29 is 8.42 Å². The Morgan fingerprint density at radius 2 is 1.94 bits per heavy atom. The van der Waals surface area contributed by atoms with Gasteiger partial charge in [0.25, 0.3) is 0 Å². The van der Waals surface area contributed by atoms with E-state index in [0.717, 1.165) is 24.9 Å². The third-order valence-electron chi connectivity index (χ3n) is 3.61. The predicted molar refractivity (Wildman–Crippen MR) is 74.1 cm³/mol. The molecule has 0 spiro atoms. The lowest BCUT2D eigenvalue weighted by Gasteiger charge is -2.18. The second kappa shape index (κ2) is 5.85. The van der Waals surface area contributed by atoms with Gasteiger partial charge in [0.1, 0.15) is 0 Å². The van der Waals surface area contributed by atoms with Gasteiger partial charge < -0.3 is 5.32 Å². The number of hydrogen-bond donors (Lipinski definition) is 1. The second-order valence-electron chi connectivity index (χ2n) is 5.04. The van der Waals surface area contributed by atoms with Crippen LogP contribution in [0.15, 0.2) is 30.3 Å². The first-order valence-electron chi connectivity index (χ1n) is 6.59. The molecule has 2 atom stereocenters. The van der Waals surface area contributed by atoms with Gasteiger partial charge in [0.2, 0.25) is 0 Å². The zero-order valence-corrected chi connectivity index (χ0v) is 11.6. The lowest BCUT2D eigenvalue weighted by molar-refractivity contribution is 0.503. The monoisotopic (exact) mass is 267 g/mol. The molecule has 2 rings (SSSR count). The lowest BCUT2D eigenvalue weighted by Crippen LogP contribution is -2.30. The molecule has 0 saturated carbocycles. The number of sulfone groups is 1. The average Bonchev–Trinajstić information content (AvgIpc) is 2.79. The van der Waals surface area contributed by atoms with Crippen LogP contribution in [0, 0.1) is 5.92 Å². The first-order chi connectivity index (χ1) is 8.63. The Bertz CT molecular complexity index is 470. The van der Waals surface area contributed by atoms with Crippen LogP contribution in [0.2, 0.25) is 0 Å². The van der Waals surface area contributed by atoms with E-state index in [0.29, 0.717) is 6.54 Å². The van der Waals surface area contributed by atoms with Crippen LogP contribution in [0.4, 0.5) is 0 Å². The molecule has 4 heteroatoms. The van der Waals surface area contributed by atoms with Crippen molar-refractivity contribution in [2.75, 3.05) is 13.1 Å². The molecule has 18 heavy (non-hydrogen) atoms. The Labute approximate surface area is 110 Å². The molecule has 1 N–H and O–H groups in total. The maximum atomic E-state index is 12.4. The van der Waals surface area contributed by atoms with E-state index >= 15 is 0 Å². The van der Waals surface area contributed by atoms with E-state index in [-0.39, 0.29) is 16.9 Å². The molecule has 3 nitrogen and oxygen atoms in total. The first kappa shape index (κ1) is 13.6. The number of rotatable bonds is 5. The van der Waals surface area contributed by atoms with Crippen molar-refractivity contribution in [3.05, 3.63) is 35.9 Å². The van der Waals surface area contributed by atoms with E-state index < -0.39 is 9.84 Å². The summed E-state index contributed by atoms with van der Waals surface area (Å²) < 4.78 is 24.9. The highest BCUT2D eigenvalue weighted by Gasteiger charge is 2.36. The predicted octanol–water partition coefficient (Wildman–Crippen LogP) is 1.99. The number of hydrogen-bond acceptors (Lipinski definition) is 3. The number of benzene rings is 1. The van der Waals surface area contributed by atoms with Crippen molar-refractivity contribution in [2.45, 2.75) is 30.8 Å². The highest BCUT2D eigenvalue weighted by Crippen LogP contribution is 2.24. The Balaban J connectivity index is 2.11. The molecular formula is C14H21NO2S. The van der Waals surface area contributed by atoms with Gasteiger partial charge in [-0.3, -0.25) is 0 Å². The smallest absolute Gasteiger partial charge is 0.158 e. The summed E-state index contributed by atoms with van der Waals surface area (Å²) in [6, 6.07) is 9.46. The summed E-state index contributed by atoms with van der Waals surface area (Å²) in [5.74, 6) is 0.448. The standard InChI is InChI=1S/C14H21NO2S/c1-2-6-13-9-15-10-14(13)18(16,17)11-12-7-4-3-5-8-12/h3-5,7-8,13-15H,2,6,9-11H2,1H3/t13-,14?/m1/s1. The maximum absolute atomic E-state index is 12.4. The molecule has 1 heterocycles. The maximum Gasteiger partial charge on any atom is 0.158 e. The van der Waals surface area contributed by atoms with Crippen molar-refractivity contribution in [3.63, 3.8) is 0 Å². The van der Waals surface area contributed by atoms with Gasteiger partial charge in [-0.2, -0.15) is 0 Å². The fraction of sp³-hybridized carbons (Fsp3) is 0.571. The van der Waals surface area contributed by atoms with Gasteiger partial charge in [-0.05, 0) is 24.4 Å². The molecule has 1 unspecified atom stereocenters. The van der Waals surface area contributed by atoms with Crippen molar-refractivity contribution in [3.8, 4) is 0 Å². The number of nitrogens with one attached hydrogen (secondary N) is 1. The van der Waals surface area contributed by atoms with Crippen LogP contribution < -0.4 is 5.32 Å². The Morgan fingerprint density at radius 3 is 2.61 bits per heavy atom. The van der Waals surface area contributed by atoms with Gasteiger partial charge in [0, 0.05) is 6.54 Å². The van der Waals surface area contributed by atoms with E-state index in [1.165, 1.54) is 0 Å². The minimum absolute atomic E-state index is 0.167. The van der Waals surface area contributed by atoms with E-state index in [2.05, 4.69) is 12.2 Å². The third kappa shape index (κ3) is 3.12. The van der Waals surface area contributed by atoms with Crippen LogP contribution in [-0.4, -0.2) is 26.8 Å². The summed E-state index contributed by atoms with van der Waals surface area (Å²) in [6.07, 6.45) is 2.04. The van der Waals surface area contributed by atoms with Crippen molar-refractivity contribution in [2.24, 2.45) is 5.92 Å². The first-order valence-corrected chi connectivity index (χ1v) is 8.31. The summed E-state index contributed by atoms with van der Waals surface area (Å²) in [6.45, 7) is 3.56. The summed E-state index contributed by atoms with van der Waals surface area (Å²) >= 11 is 0. The molecular weight excluding hydrogens is 246 g/mol. The van der Waals surface area contributed by atoms with Crippen LogP contribution in [0.5, 0.6) is 0 Å². The van der Waals surface area contributed by atoms with Crippen LogP contribution in [0.1, 0.15) is 25.3 Å². The lowest BCUT2D eigenvalue weighted by atomic mass is 10.0.